The van der Waals surface area contributed by atoms with Crippen LogP contribution in [0.5, 0.6) is 0 Å². The number of oxazole rings is 1. The number of aryl methyl sites for hydroxylation is 2. The lowest BCUT2D eigenvalue weighted by molar-refractivity contribution is -0.117. The van der Waals surface area contributed by atoms with Crippen molar-refractivity contribution in [2.45, 2.75) is 26.7 Å². The molecule has 0 atom stereocenters. The Bertz CT molecular complexity index is 864. The molecule has 7 heteroatoms. The van der Waals surface area contributed by atoms with Gasteiger partial charge in [-0.3, -0.25) is 14.9 Å². The number of hydrogen-bond donors (Lipinski definition) is 1. The fraction of sp³-hybridized carbons (Fsp3) is 0.450. The fourth-order valence-corrected chi connectivity index (χ4v) is 3.35. The molecule has 7 nitrogen and oxygen atoms in total. The first-order valence-electron chi connectivity index (χ1n) is 9.39. The lowest BCUT2D eigenvalue weighted by atomic mass is 10.1. The molecule has 1 aliphatic carbocycles. The van der Waals surface area contributed by atoms with E-state index in [9.17, 15) is 9.59 Å². The Morgan fingerprint density at radius 3 is 2.59 bits per heavy atom. The molecule has 1 aliphatic heterocycles. The second kappa shape index (κ2) is 7.06. The second-order valence-corrected chi connectivity index (χ2v) is 7.37. The maximum atomic E-state index is 12.7. The molecule has 2 heterocycles. The van der Waals surface area contributed by atoms with Gasteiger partial charge in [0.15, 0.2) is 5.69 Å². The van der Waals surface area contributed by atoms with Crippen molar-refractivity contribution in [1.29, 1.82) is 0 Å². The van der Waals surface area contributed by atoms with E-state index in [1.54, 1.807) is 4.90 Å². The molecular formula is C20H24N4O3. The molecule has 142 valence electrons. The van der Waals surface area contributed by atoms with Gasteiger partial charge < -0.3 is 14.2 Å². The molecule has 0 bridgehead atoms. The Hall–Kier alpha value is -2.83. The van der Waals surface area contributed by atoms with Crippen molar-refractivity contribution in [2.75, 3.05) is 36.4 Å². The van der Waals surface area contributed by atoms with Crippen LogP contribution in [-0.2, 0) is 4.79 Å². The molecule has 1 saturated carbocycles. The number of nitrogens with zero attached hydrogens (tertiary/aromatic N) is 3. The first kappa shape index (κ1) is 17.6. The normalized spacial score (nSPS) is 17.1. The third-order valence-corrected chi connectivity index (χ3v) is 5.17. The van der Waals surface area contributed by atoms with Gasteiger partial charge in [0.1, 0.15) is 6.26 Å². The van der Waals surface area contributed by atoms with E-state index in [0.717, 1.165) is 25.9 Å². The van der Waals surface area contributed by atoms with Crippen LogP contribution in [-0.4, -0.2) is 47.9 Å². The molecular weight excluding hydrogens is 344 g/mol. The van der Waals surface area contributed by atoms with Crippen LogP contribution in [0.25, 0.3) is 0 Å². The van der Waals surface area contributed by atoms with Gasteiger partial charge in [-0.2, -0.15) is 4.98 Å². The number of amides is 2. The summed E-state index contributed by atoms with van der Waals surface area (Å²) in [5.41, 5.74) is 3.94. The van der Waals surface area contributed by atoms with Gasteiger partial charge in [-0.15, -0.1) is 0 Å². The van der Waals surface area contributed by atoms with Crippen LogP contribution in [0.15, 0.2) is 28.9 Å². The summed E-state index contributed by atoms with van der Waals surface area (Å²) in [4.78, 5) is 32.7. The van der Waals surface area contributed by atoms with Crippen LogP contribution < -0.4 is 10.2 Å². The van der Waals surface area contributed by atoms with Crippen LogP contribution in [0.2, 0.25) is 0 Å². The van der Waals surface area contributed by atoms with Crippen LogP contribution in [0.4, 0.5) is 11.7 Å². The van der Waals surface area contributed by atoms with E-state index in [0.29, 0.717) is 13.1 Å². The largest absolute Gasteiger partial charge is 0.431 e. The number of nitrogens with one attached hydrogen (secondary N) is 1. The minimum atomic E-state index is -0.161. The zero-order valence-corrected chi connectivity index (χ0v) is 15.7. The summed E-state index contributed by atoms with van der Waals surface area (Å²) in [7, 11) is 0. The van der Waals surface area contributed by atoms with E-state index < -0.39 is 0 Å². The second-order valence-electron chi connectivity index (χ2n) is 7.37. The molecule has 0 unspecified atom stereocenters. The molecule has 1 saturated heterocycles. The molecule has 2 aromatic rings. The summed E-state index contributed by atoms with van der Waals surface area (Å²) < 4.78 is 5.24. The first-order valence-corrected chi connectivity index (χ1v) is 9.39. The predicted molar refractivity (Wildman–Crippen MR) is 102 cm³/mol. The molecule has 1 aromatic carbocycles. The van der Waals surface area contributed by atoms with E-state index >= 15 is 0 Å². The number of benzene rings is 1. The number of anilines is 2. The number of aromatic nitrogens is 1. The molecule has 0 radical (unpaired) electrons. The van der Waals surface area contributed by atoms with E-state index in [1.807, 2.05) is 0 Å². The summed E-state index contributed by atoms with van der Waals surface area (Å²) in [6.07, 6.45) is 3.13. The van der Waals surface area contributed by atoms with Gasteiger partial charge in [-0.25, -0.2) is 0 Å². The lowest BCUT2D eigenvalue weighted by Crippen LogP contribution is -2.49. The average molecular weight is 368 g/mol. The number of hydrogen-bond acceptors (Lipinski definition) is 5. The summed E-state index contributed by atoms with van der Waals surface area (Å²) >= 11 is 0. The predicted octanol–water partition coefficient (Wildman–Crippen LogP) is 2.60. The van der Waals surface area contributed by atoms with Gasteiger partial charge in [0.2, 0.25) is 5.91 Å². The highest BCUT2D eigenvalue weighted by Crippen LogP contribution is 2.30. The standard InChI is InChI=1S/C20H24N4O3/c1-13-3-4-14(2)17(11-13)23-7-9-24(10-8-23)19(26)16-12-27-20(21-16)22-18(25)15-5-6-15/h3-4,11-12,15H,5-10H2,1-2H3,(H,21,22,25). The van der Waals surface area contributed by atoms with Crippen molar-refractivity contribution < 1.29 is 14.0 Å². The van der Waals surface area contributed by atoms with Crippen molar-refractivity contribution in [1.82, 2.24) is 9.88 Å². The molecule has 27 heavy (non-hydrogen) atoms. The van der Waals surface area contributed by atoms with Gasteiger partial charge in [-0.05, 0) is 43.9 Å². The summed E-state index contributed by atoms with van der Waals surface area (Å²) in [5.74, 6) is -0.182. The van der Waals surface area contributed by atoms with Crippen molar-refractivity contribution in [3.8, 4) is 0 Å². The van der Waals surface area contributed by atoms with Crippen LogP contribution in [0.1, 0.15) is 34.5 Å². The highest BCUT2D eigenvalue weighted by atomic mass is 16.4. The molecule has 1 N–H and O–H groups in total. The Labute approximate surface area is 158 Å². The Balaban J connectivity index is 1.36. The quantitative estimate of drug-likeness (QED) is 0.897. The fourth-order valence-electron chi connectivity index (χ4n) is 3.35. The lowest BCUT2D eigenvalue weighted by Gasteiger charge is -2.36. The monoisotopic (exact) mass is 368 g/mol. The summed E-state index contributed by atoms with van der Waals surface area (Å²) in [6.45, 7) is 7.01. The van der Waals surface area contributed by atoms with Gasteiger partial charge >= 0.3 is 6.01 Å². The summed E-state index contributed by atoms with van der Waals surface area (Å²) in [6, 6.07) is 6.54. The SMILES string of the molecule is Cc1ccc(C)c(N2CCN(C(=O)c3coc(NC(=O)C4CC4)n3)CC2)c1. The molecule has 1 aromatic heterocycles. The maximum absolute atomic E-state index is 12.7. The first-order chi connectivity index (χ1) is 13.0. The molecule has 2 aliphatic rings. The van der Waals surface area contributed by atoms with E-state index in [-0.39, 0.29) is 29.4 Å². The molecule has 4 rings (SSSR count). The summed E-state index contributed by atoms with van der Waals surface area (Å²) in [5, 5.41) is 2.63. The third-order valence-electron chi connectivity index (χ3n) is 5.17. The minimum Gasteiger partial charge on any atom is -0.431 e. The van der Waals surface area contributed by atoms with E-state index in [1.165, 1.54) is 23.1 Å². The third kappa shape index (κ3) is 3.82. The number of carbonyl (C=O) groups excluding carboxylic acids is 2. The number of piperazine rings is 1. The smallest absolute Gasteiger partial charge is 0.302 e. The van der Waals surface area contributed by atoms with E-state index in [2.05, 4.69) is 47.2 Å². The number of carbonyl (C=O) groups is 2. The van der Waals surface area contributed by atoms with E-state index in [4.69, 9.17) is 4.42 Å². The maximum Gasteiger partial charge on any atom is 0.302 e. The van der Waals surface area contributed by atoms with Gasteiger partial charge in [0.25, 0.3) is 5.91 Å². The van der Waals surface area contributed by atoms with Crippen molar-refractivity contribution >= 4 is 23.5 Å². The molecule has 2 amide bonds. The number of rotatable bonds is 4. The Morgan fingerprint density at radius 1 is 1.15 bits per heavy atom. The van der Waals surface area contributed by atoms with Gasteiger partial charge in [-0.1, -0.05) is 12.1 Å². The molecule has 2 fully saturated rings. The van der Waals surface area contributed by atoms with Crippen LogP contribution in [0.3, 0.4) is 0 Å². The average Bonchev–Trinajstić information content (AvgIpc) is 3.43. The zero-order valence-electron chi connectivity index (χ0n) is 15.7. The Kier molecular flexibility index (Phi) is 4.59. The van der Waals surface area contributed by atoms with Gasteiger partial charge in [0.05, 0.1) is 0 Å². The van der Waals surface area contributed by atoms with Crippen molar-refractivity contribution in [3.05, 3.63) is 41.3 Å². The Morgan fingerprint density at radius 2 is 1.89 bits per heavy atom. The van der Waals surface area contributed by atoms with Crippen molar-refractivity contribution in [3.63, 3.8) is 0 Å². The molecule has 0 spiro atoms. The van der Waals surface area contributed by atoms with Crippen molar-refractivity contribution in [2.24, 2.45) is 5.92 Å². The van der Waals surface area contributed by atoms with Crippen LogP contribution in [0, 0.1) is 19.8 Å². The minimum absolute atomic E-state index is 0.0641. The zero-order chi connectivity index (χ0) is 19.0. The highest BCUT2D eigenvalue weighted by molar-refractivity contribution is 5.95. The highest BCUT2D eigenvalue weighted by Gasteiger charge is 2.31. The van der Waals surface area contributed by atoms with Crippen LogP contribution >= 0.6 is 0 Å². The van der Waals surface area contributed by atoms with Gasteiger partial charge in [0, 0.05) is 37.8 Å². The topological polar surface area (TPSA) is 78.7 Å².